The molecule has 0 aliphatic carbocycles. The number of carbonyl (C=O) groups excluding carboxylic acids is 1. The number of nitrogens with zero attached hydrogens (tertiary/aromatic N) is 2. The Labute approximate surface area is 122 Å². The zero-order chi connectivity index (χ0) is 15.2. The third-order valence-electron chi connectivity index (χ3n) is 2.90. The highest BCUT2D eigenvalue weighted by molar-refractivity contribution is 5.90. The number of aromatic hydroxyl groups is 1. The second kappa shape index (κ2) is 6.69. The first-order chi connectivity index (χ1) is 10.1. The van der Waals surface area contributed by atoms with Crippen LogP contribution in [0.1, 0.15) is 28.5 Å². The lowest BCUT2D eigenvalue weighted by atomic mass is 10.2. The van der Waals surface area contributed by atoms with Crippen molar-refractivity contribution in [2.75, 3.05) is 11.9 Å². The quantitative estimate of drug-likeness (QED) is 0.821. The van der Waals surface area contributed by atoms with Crippen LogP contribution in [0.15, 0.2) is 30.5 Å². The number of rotatable bonds is 5. The van der Waals surface area contributed by atoms with Crippen LogP contribution in [0.5, 0.6) is 5.75 Å². The van der Waals surface area contributed by atoms with Gasteiger partial charge in [-0.3, -0.25) is 0 Å². The lowest BCUT2D eigenvalue weighted by Gasteiger charge is -2.09. The van der Waals surface area contributed by atoms with Gasteiger partial charge in [0.1, 0.15) is 5.75 Å². The maximum absolute atomic E-state index is 11.6. The molecule has 0 saturated carbocycles. The molecule has 0 atom stereocenters. The maximum atomic E-state index is 11.6. The van der Waals surface area contributed by atoms with Crippen molar-refractivity contribution < 1.29 is 14.6 Å². The summed E-state index contributed by atoms with van der Waals surface area (Å²) in [5.41, 5.74) is 1.64. The highest BCUT2D eigenvalue weighted by Gasteiger charge is 2.12. The molecule has 2 aromatic rings. The largest absolute Gasteiger partial charge is 0.508 e. The molecule has 1 heterocycles. The summed E-state index contributed by atoms with van der Waals surface area (Å²) in [6.07, 6.45) is 1.44. The van der Waals surface area contributed by atoms with Gasteiger partial charge in [0, 0.05) is 18.3 Å². The second-order valence-corrected chi connectivity index (χ2v) is 4.40. The van der Waals surface area contributed by atoms with Crippen molar-refractivity contribution in [1.82, 2.24) is 9.97 Å². The van der Waals surface area contributed by atoms with E-state index < -0.39 is 5.97 Å². The third kappa shape index (κ3) is 3.68. The van der Waals surface area contributed by atoms with Crippen LogP contribution in [-0.2, 0) is 11.3 Å². The van der Waals surface area contributed by atoms with Crippen molar-refractivity contribution in [3.63, 3.8) is 0 Å². The zero-order valence-electron chi connectivity index (χ0n) is 12.0. The van der Waals surface area contributed by atoms with Crippen molar-refractivity contribution >= 4 is 11.9 Å². The van der Waals surface area contributed by atoms with Crippen molar-refractivity contribution in [1.29, 1.82) is 0 Å². The van der Waals surface area contributed by atoms with Crippen molar-refractivity contribution in [3.05, 3.63) is 47.3 Å². The molecule has 6 nitrogen and oxygen atoms in total. The predicted octanol–water partition coefficient (Wildman–Crippen LogP) is 2.28. The maximum Gasteiger partial charge on any atom is 0.341 e. The molecule has 0 aliphatic rings. The molecular weight excluding hydrogens is 270 g/mol. The first-order valence-electron chi connectivity index (χ1n) is 6.63. The van der Waals surface area contributed by atoms with Gasteiger partial charge in [-0.15, -0.1) is 0 Å². The fraction of sp³-hybridized carbons (Fsp3) is 0.267. The van der Waals surface area contributed by atoms with E-state index in [4.69, 9.17) is 4.74 Å². The average Bonchev–Trinajstić information content (AvgIpc) is 2.46. The number of aryl methyl sites for hydroxylation is 1. The van der Waals surface area contributed by atoms with Gasteiger partial charge in [0.2, 0.25) is 5.95 Å². The Kier molecular flexibility index (Phi) is 4.71. The minimum absolute atomic E-state index is 0.213. The summed E-state index contributed by atoms with van der Waals surface area (Å²) in [4.78, 5) is 19.9. The number of para-hydroxylation sites is 1. The fourth-order valence-electron chi connectivity index (χ4n) is 1.80. The van der Waals surface area contributed by atoms with Gasteiger partial charge >= 0.3 is 5.97 Å². The van der Waals surface area contributed by atoms with Gasteiger partial charge in [-0.1, -0.05) is 18.2 Å². The standard InChI is InChI=1S/C15H17N3O3/c1-3-21-14(20)12-9-17-15(18-10(12)2)16-8-11-6-4-5-7-13(11)19/h4-7,9,19H,3,8H2,1-2H3,(H,16,17,18). The van der Waals surface area contributed by atoms with E-state index in [1.54, 1.807) is 26.0 Å². The van der Waals surface area contributed by atoms with Crippen molar-refractivity contribution in [3.8, 4) is 5.75 Å². The molecule has 0 bridgehead atoms. The Morgan fingerprint density at radius 3 is 2.81 bits per heavy atom. The Morgan fingerprint density at radius 2 is 2.14 bits per heavy atom. The van der Waals surface area contributed by atoms with Crippen LogP contribution in [0.2, 0.25) is 0 Å². The summed E-state index contributed by atoms with van der Waals surface area (Å²) in [7, 11) is 0. The molecule has 1 aromatic carbocycles. The summed E-state index contributed by atoms with van der Waals surface area (Å²) in [5.74, 6) is 0.177. The van der Waals surface area contributed by atoms with Gasteiger partial charge in [-0.25, -0.2) is 14.8 Å². The summed E-state index contributed by atoms with van der Waals surface area (Å²) in [6, 6.07) is 7.02. The van der Waals surface area contributed by atoms with Gasteiger partial charge in [-0.05, 0) is 19.9 Å². The molecule has 0 spiro atoms. The number of hydrogen-bond donors (Lipinski definition) is 2. The number of benzene rings is 1. The van der Waals surface area contributed by atoms with E-state index in [1.807, 2.05) is 12.1 Å². The molecule has 0 radical (unpaired) electrons. The van der Waals surface area contributed by atoms with Crippen molar-refractivity contribution in [2.24, 2.45) is 0 Å². The van der Waals surface area contributed by atoms with Gasteiger partial charge in [0.05, 0.1) is 17.9 Å². The Bertz CT molecular complexity index is 644. The first kappa shape index (κ1) is 14.8. The molecule has 1 aromatic heterocycles. The molecule has 0 fully saturated rings. The topological polar surface area (TPSA) is 84.3 Å². The monoisotopic (exact) mass is 287 g/mol. The number of ether oxygens (including phenoxy) is 1. The summed E-state index contributed by atoms with van der Waals surface area (Å²) in [6.45, 7) is 4.17. The lowest BCUT2D eigenvalue weighted by molar-refractivity contribution is 0.0524. The number of carbonyl (C=O) groups is 1. The smallest absolute Gasteiger partial charge is 0.341 e. The third-order valence-corrected chi connectivity index (χ3v) is 2.90. The first-order valence-corrected chi connectivity index (χ1v) is 6.63. The Hall–Kier alpha value is -2.63. The minimum Gasteiger partial charge on any atom is -0.508 e. The van der Waals surface area contributed by atoms with E-state index in [-0.39, 0.29) is 5.75 Å². The molecule has 6 heteroatoms. The van der Waals surface area contributed by atoms with Crippen LogP contribution in [0.3, 0.4) is 0 Å². The normalized spacial score (nSPS) is 10.2. The van der Waals surface area contributed by atoms with E-state index >= 15 is 0 Å². The van der Waals surface area contributed by atoms with E-state index in [1.165, 1.54) is 6.20 Å². The molecule has 0 aliphatic heterocycles. The lowest BCUT2D eigenvalue weighted by Crippen LogP contribution is -2.11. The molecule has 2 rings (SSSR count). The molecular formula is C15H17N3O3. The van der Waals surface area contributed by atoms with Crippen LogP contribution in [0.25, 0.3) is 0 Å². The number of hydrogen-bond acceptors (Lipinski definition) is 6. The highest BCUT2D eigenvalue weighted by atomic mass is 16.5. The number of phenolic OH excluding ortho intramolecular Hbond substituents is 1. The molecule has 21 heavy (non-hydrogen) atoms. The molecule has 2 N–H and O–H groups in total. The summed E-state index contributed by atoms with van der Waals surface area (Å²) >= 11 is 0. The number of phenols is 1. The average molecular weight is 287 g/mol. The van der Waals surface area contributed by atoms with E-state index in [2.05, 4.69) is 15.3 Å². The van der Waals surface area contributed by atoms with Crippen LogP contribution >= 0.6 is 0 Å². The minimum atomic E-state index is -0.428. The summed E-state index contributed by atoms with van der Waals surface area (Å²) in [5, 5.41) is 12.7. The van der Waals surface area contributed by atoms with E-state index in [0.717, 1.165) is 5.56 Å². The Morgan fingerprint density at radius 1 is 1.38 bits per heavy atom. The zero-order valence-corrected chi connectivity index (χ0v) is 12.0. The van der Waals surface area contributed by atoms with Crippen LogP contribution in [0.4, 0.5) is 5.95 Å². The number of esters is 1. The molecule has 0 amide bonds. The summed E-state index contributed by atoms with van der Waals surface area (Å²) < 4.78 is 4.92. The molecule has 110 valence electrons. The SMILES string of the molecule is CCOC(=O)c1cnc(NCc2ccccc2O)nc1C. The van der Waals surface area contributed by atoms with Crippen molar-refractivity contribution in [2.45, 2.75) is 20.4 Å². The second-order valence-electron chi connectivity index (χ2n) is 4.40. The molecule has 0 saturated heterocycles. The number of nitrogens with one attached hydrogen (secondary N) is 1. The van der Waals surface area contributed by atoms with Crippen LogP contribution in [-0.4, -0.2) is 27.7 Å². The van der Waals surface area contributed by atoms with Crippen LogP contribution < -0.4 is 5.32 Å². The van der Waals surface area contributed by atoms with Gasteiger partial charge in [0.15, 0.2) is 0 Å². The predicted molar refractivity (Wildman–Crippen MR) is 78.2 cm³/mol. The van der Waals surface area contributed by atoms with E-state index in [0.29, 0.717) is 30.4 Å². The number of anilines is 1. The van der Waals surface area contributed by atoms with Gasteiger partial charge in [0.25, 0.3) is 0 Å². The fourth-order valence-corrected chi connectivity index (χ4v) is 1.80. The number of aromatic nitrogens is 2. The Balaban J connectivity index is 2.07. The molecule has 0 unspecified atom stereocenters. The van der Waals surface area contributed by atoms with Crippen LogP contribution in [0, 0.1) is 6.92 Å². The van der Waals surface area contributed by atoms with Gasteiger partial charge in [-0.2, -0.15) is 0 Å². The van der Waals surface area contributed by atoms with E-state index in [9.17, 15) is 9.90 Å². The highest BCUT2D eigenvalue weighted by Crippen LogP contribution is 2.17. The van der Waals surface area contributed by atoms with Gasteiger partial charge < -0.3 is 15.2 Å².